The SMILES string of the molecule is CCOC(=O)/C=C/CCC1CC(F)(F)CN1C(=O)OC(C)(C)C. The minimum atomic E-state index is -2.91. The fourth-order valence-corrected chi connectivity index (χ4v) is 2.35. The van der Waals surface area contributed by atoms with Gasteiger partial charge in [-0.3, -0.25) is 4.90 Å². The Morgan fingerprint density at radius 1 is 1.35 bits per heavy atom. The molecule has 132 valence electrons. The second kappa shape index (κ2) is 7.75. The van der Waals surface area contributed by atoms with Crippen LogP contribution in [-0.2, 0) is 14.3 Å². The summed E-state index contributed by atoms with van der Waals surface area (Å²) in [7, 11) is 0. The van der Waals surface area contributed by atoms with Crippen molar-refractivity contribution in [1.82, 2.24) is 4.90 Å². The third-order valence-electron chi connectivity index (χ3n) is 3.21. The van der Waals surface area contributed by atoms with Crippen LogP contribution in [-0.4, -0.2) is 47.7 Å². The van der Waals surface area contributed by atoms with Crippen molar-refractivity contribution in [3.8, 4) is 0 Å². The molecule has 23 heavy (non-hydrogen) atoms. The third-order valence-corrected chi connectivity index (χ3v) is 3.21. The Morgan fingerprint density at radius 3 is 2.57 bits per heavy atom. The van der Waals surface area contributed by atoms with Gasteiger partial charge in [0.15, 0.2) is 0 Å². The van der Waals surface area contributed by atoms with Crippen LogP contribution in [0.3, 0.4) is 0 Å². The maximum Gasteiger partial charge on any atom is 0.410 e. The van der Waals surface area contributed by atoms with E-state index in [-0.39, 0.29) is 13.0 Å². The van der Waals surface area contributed by atoms with E-state index < -0.39 is 36.2 Å². The quantitative estimate of drug-likeness (QED) is 0.570. The summed E-state index contributed by atoms with van der Waals surface area (Å²) in [6.07, 6.45) is 2.47. The number of likely N-dealkylation sites (tertiary alicyclic amines) is 1. The Hall–Kier alpha value is -1.66. The number of esters is 1. The molecule has 7 heteroatoms. The van der Waals surface area contributed by atoms with E-state index in [1.54, 1.807) is 33.8 Å². The van der Waals surface area contributed by atoms with Gasteiger partial charge in [-0.2, -0.15) is 0 Å². The number of allylic oxidation sites excluding steroid dienone is 1. The summed E-state index contributed by atoms with van der Waals surface area (Å²) in [5.41, 5.74) is -0.733. The van der Waals surface area contributed by atoms with E-state index in [2.05, 4.69) is 0 Å². The number of carbonyl (C=O) groups is 2. The zero-order valence-corrected chi connectivity index (χ0v) is 14.1. The zero-order chi connectivity index (χ0) is 17.7. The molecule has 1 amide bonds. The molecule has 0 bridgehead atoms. The number of hydrogen-bond acceptors (Lipinski definition) is 4. The topological polar surface area (TPSA) is 55.8 Å². The predicted molar refractivity (Wildman–Crippen MR) is 81.3 cm³/mol. The van der Waals surface area contributed by atoms with E-state index in [1.807, 2.05) is 0 Å². The van der Waals surface area contributed by atoms with Gasteiger partial charge in [0.1, 0.15) is 5.60 Å². The number of alkyl halides is 2. The van der Waals surface area contributed by atoms with Crippen LogP contribution in [0.4, 0.5) is 13.6 Å². The molecule has 1 saturated heterocycles. The van der Waals surface area contributed by atoms with Gasteiger partial charge in [-0.05, 0) is 40.5 Å². The highest BCUT2D eigenvalue weighted by Gasteiger charge is 2.47. The van der Waals surface area contributed by atoms with E-state index in [4.69, 9.17) is 9.47 Å². The van der Waals surface area contributed by atoms with Crippen molar-refractivity contribution in [3.05, 3.63) is 12.2 Å². The summed E-state index contributed by atoms with van der Waals surface area (Å²) < 4.78 is 37.2. The molecule has 0 aromatic rings. The molecule has 0 radical (unpaired) electrons. The van der Waals surface area contributed by atoms with Crippen molar-refractivity contribution in [3.63, 3.8) is 0 Å². The molecule has 1 heterocycles. The number of amides is 1. The molecule has 0 N–H and O–H groups in total. The molecule has 0 aromatic carbocycles. The Balaban J connectivity index is 2.60. The van der Waals surface area contributed by atoms with Crippen molar-refractivity contribution in [2.45, 2.75) is 64.5 Å². The maximum atomic E-state index is 13.6. The Morgan fingerprint density at radius 2 is 2.00 bits per heavy atom. The molecule has 1 aliphatic rings. The summed E-state index contributed by atoms with van der Waals surface area (Å²) in [6, 6.07) is -0.605. The normalized spacial score (nSPS) is 20.8. The fraction of sp³-hybridized carbons (Fsp3) is 0.750. The van der Waals surface area contributed by atoms with Gasteiger partial charge < -0.3 is 9.47 Å². The number of rotatable bonds is 5. The van der Waals surface area contributed by atoms with Crippen LogP contribution in [0, 0.1) is 0 Å². The first-order chi connectivity index (χ1) is 10.5. The van der Waals surface area contributed by atoms with Crippen LogP contribution in [0.2, 0.25) is 0 Å². The average Bonchev–Trinajstić information content (AvgIpc) is 2.68. The van der Waals surface area contributed by atoms with Crippen molar-refractivity contribution in [1.29, 1.82) is 0 Å². The molecule has 1 rings (SSSR count). The fourth-order valence-electron chi connectivity index (χ4n) is 2.35. The first-order valence-corrected chi connectivity index (χ1v) is 7.75. The molecule has 1 fully saturated rings. The summed E-state index contributed by atoms with van der Waals surface area (Å²) in [4.78, 5) is 24.3. The van der Waals surface area contributed by atoms with Crippen LogP contribution >= 0.6 is 0 Å². The molecule has 1 aliphatic heterocycles. The smallest absolute Gasteiger partial charge is 0.410 e. The van der Waals surface area contributed by atoms with E-state index in [9.17, 15) is 18.4 Å². The highest BCUT2D eigenvalue weighted by molar-refractivity contribution is 5.81. The van der Waals surface area contributed by atoms with Crippen LogP contribution < -0.4 is 0 Å². The highest BCUT2D eigenvalue weighted by atomic mass is 19.3. The van der Waals surface area contributed by atoms with E-state index in [1.165, 1.54) is 6.08 Å². The largest absolute Gasteiger partial charge is 0.463 e. The first-order valence-electron chi connectivity index (χ1n) is 7.75. The number of carbonyl (C=O) groups excluding carboxylic acids is 2. The van der Waals surface area contributed by atoms with Crippen molar-refractivity contribution in [2.75, 3.05) is 13.2 Å². The zero-order valence-electron chi connectivity index (χ0n) is 14.1. The number of hydrogen-bond donors (Lipinski definition) is 0. The lowest BCUT2D eigenvalue weighted by atomic mass is 10.1. The number of halogens is 2. The molecular weight excluding hydrogens is 308 g/mol. The van der Waals surface area contributed by atoms with Crippen LogP contribution in [0.1, 0.15) is 47.0 Å². The van der Waals surface area contributed by atoms with E-state index >= 15 is 0 Å². The van der Waals surface area contributed by atoms with Gasteiger partial charge in [-0.15, -0.1) is 0 Å². The Labute approximate surface area is 135 Å². The minimum Gasteiger partial charge on any atom is -0.463 e. The van der Waals surface area contributed by atoms with Gasteiger partial charge in [0.2, 0.25) is 0 Å². The van der Waals surface area contributed by atoms with Gasteiger partial charge in [0.25, 0.3) is 5.92 Å². The lowest BCUT2D eigenvalue weighted by Gasteiger charge is -2.28. The molecule has 1 unspecified atom stereocenters. The average molecular weight is 333 g/mol. The van der Waals surface area contributed by atoms with E-state index in [0.717, 1.165) is 4.90 Å². The second-order valence-corrected chi connectivity index (χ2v) is 6.55. The van der Waals surface area contributed by atoms with Gasteiger partial charge in [0, 0.05) is 18.5 Å². The van der Waals surface area contributed by atoms with Crippen LogP contribution in [0.15, 0.2) is 12.2 Å². The summed E-state index contributed by atoms with van der Waals surface area (Å²) in [6.45, 7) is 6.42. The predicted octanol–water partition coefficient (Wildman–Crippen LogP) is 3.53. The molecule has 0 spiro atoms. The molecule has 0 saturated carbocycles. The maximum absolute atomic E-state index is 13.6. The number of nitrogens with zero attached hydrogens (tertiary/aromatic N) is 1. The molecule has 1 atom stereocenters. The molecule has 0 aromatic heterocycles. The van der Waals surface area contributed by atoms with Crippen LogP contribution in [0.25, 0.3) is 0 Å². The van der Waals surface area contributed by atoms with E-state index in [0.29, 0.717) is 12.8 Å². The molecular formula is C16H25F2NO4. The Bertz CT molecular complexity index is 457. The number of ether oxygens (including phenoxy) is 2. The first kappa shape index (κ1) is 19.4. The molecule has 0 aliphatic carbocycles. The monoisotopic (exact) mass is 333 g/mol. The standard InChI is InChI=1S/C16H25F2NO4/c1-5-22-13(20)9-7-6-8-12-10-16(17,18)11-19(12)14(21)23-15(2,3)4/h7,9,12H,5-6,8,10-11H2,1-4H3/b9-7+. The minimum absolute atomic E-state index is 0.282. The van der Waals surface area contributed by atoms with Gasteiger partial charge in [-0.25, -0.2) is 18.4 Å². The third kappa shape index (κ3) is 6.97. The van der Waals surface area contributed by atoms with Crippen molar-refractivity contribution >= 4 is 12.1 Å². The van der Waals surface area contributed by atoms with Crippen molar-refractivity contribution < 1.29 is 27.8 Å². The summed E-state index contributed by atoms with van der Waals surface area (Å²) in [5.74, 6) is -3.37. The lowest BCUT2D eigenvalue weighted by molar-refractivity contribution is -0.137. The molecule has 5 nitrogen and oxygen atoms in total. The van der Waals surface area contributed by atoms with Gasteiger partial charge in [0.05, 0.1) is 13.2 Å². The lowest BCUT2D eigenvalue weighted by Crippen LogP contribution is -2.40. The highest BCUT2D eigenvalue weighted by Crippen LogP contribution is 2.35. The Kier molecular flexibility index (Phi) is 6.53. The van der Waals surface area contributed by atoms with Crippen LogP contribution in [0.5, 0.6) is 0 Å². The second-order valence-electron chi connectivity index (χ2n) is 6.55. The summed E-state index contributed by atoms with van der Waals surface area (Å²) in [5, 5.41) is 0. The van der Waals surface area contributed by atoms with Crippen molar-refractivity contribution in [2.24, 2.45) is 0 Å². The van der Waals surface area contributed by atoms with Gasteiger partial charge in [-0.1, -0.05) is 6.08 Å². The van der Waals surface area contributed by atoms with Gasteiger partial charge >= 0.3 is 12.1 Å². The summed E-state index contributed by atoms with van der Waals surface area (Å²) >= 11 is 0.